The summed E-state index contributed by atoms with van der Waals surface area (Å²) in [6.45, 7) is 5.93. The van der Waals surface area contributed by atoms with E-state index in [9.17, 15) is 4.79 Å². The lowest BCUT2D eigenvalue weighted by Crippen LogP contribution is -2.32. The van der Waals surface area contributed by atoms with Gasteiger partial charge in [-0.05, 0) is 44.7 Å². The molecular weight excluding hydrogens is 254 g/mol. The molecule has 5 nitrogen and oxygen atoms in total. The summed E-state index contributed by atoms with van der Waals surface area (Å²) in [5.41, 5.74) is 2.62. The zero-order valence-electron chi connectivity index (χ0n) is 12.6. The first kappa shape index (κ1) is 16.5. The van der Waals surface area contributed by atoms with E-state index in [1.54, 1.807) is 24.3 Å². The van der Waals surface area contributed by atoms with Crippen molar-refractivity contribution in [2.45, 2.75) is 32.7 Å². The van der Waals surface area contributed by atoms with Crippen LogP contribution in [0.5, 0.6) is 5.75 Å². The highest BCUT2D eigenvalue weighted by atomic mass is 16.5. The number of amides is 1. The molecule has 0 heterocycles. The van der Waals surface area contributed by atoms with Gasteiger partial charge in [-0.2, -0.15) is 0 Å². The Morgan fingerprint density at radius 2 is 2.05 bits per heavy atom. The lowest BCUT2D eigenvalue weighted by atomic mass is 10.2. The quantitative estimate of drug-likeness (QED) is 0.432. The second-order valence-electron chi connectivity index (χ2n) is 4.96. The van der Waals surface area contributed by atoms with Gasteiger partial charge >= 0.3 is 0 Å². The van der Waals surface area contributed by atoms with Crippen molar-refractivity contribution in [2.24, 2.45) is 5.84 Å². The van der Waals surface area contributed by atoms with Gasteiger partial charge in [0.25, 0.3) is 5.91 Å². The number of nitrogen functional groups attached to an aromatic ring is 1. The van der Waals surface area contributed by atoms with Gasteiger partial charge in [0.15, 0.2) is 0 Å². The molecule has 112 valence electrons. The number of likely N-dealkylation sites (N-methyl/N-ethyl adjacent to an activating group) is 1. The Morgan fingerprint density at radius 1 is 1.40 bits per heavy atom. The van der Waals surface area contributed by atoms with Crippen LogP contribution in [0.1, 0.15) is 37.0 Å². The predicted molar refractivity (Wildman–Crippen MR) is 80.6 cm³/mol. The maximum Gasteiger partial charge on any atom is 0.265 e. The van der Waals surface area contributed by atoms with Crippen molar-refractivity contribution in [3.05, 3.63) is 29.8 Å². The lowest BCUT2D eigenvalue weighted by molar-refractivity contribution is 0.0953. The second kappa shape index (κ2) is 8.55. The van der Waals surface area contributed by atoms with Crippen LogP contribution in [0.3, 0.4) is 0 Å². The van der Waals surface area contributed by atoms with E-state index in [0.717, 1.165) is 12.3 Å². The number of benzene rings is 1. The summed E-state index contributed by atoms with van der Waals surface area (Å²) in [6.07, 6.45) is 2.39. The van der Waals surface area contributed by atoms with E-state index < -0.39 is 0 Å². The van der Waals surface area contributed by atoms with Gasteiger partial charge in [0, 0.05) is 18.2 Å². The van der Waals surface area contributed by atoms with Crippen LogP contribution in [0.2, 0.25) is 0 Å². The lowest BCUT2D eigenvalue weighted by Gasteiger charge is -2.24. The van der Waals surface area contributed by atoms with E-state index in [-0.39, 0.29) is 5.91 Å². The third-order valence-corrected chi connectivity index (χ3v) is 3.42. The largest absolute Gasteiger partial charge is 0.492 e. The Balaban J connectivity index is 2.37. The Labute approximate surface area is 121 Å². The molecule has 20 heavy (non-hydrogen) atoms. The fraction of sp³-hybridized carbons (Fsp3) is 0.533. The molecular formula is C15H25N3O2. The predicted octanol–water partition coefficient (Wildman–Crippen LogP) is 1.79. The molecule has 0 aromatic heterocycles. The van der Waals surface area contributed by atoms with Crippen LogP contribution in [0, 0.1) is 0 Å². The summed E-state index contributed by atoms with van der Waals surface area (Å²) in [7, 11) is 2.11. The van der Waals surface area contributed by atoms with Gasteiger partial charge in [-0.3, -0.25) is 10.2 Å². The number of nitrogens with zero attached hydrogens (tertiary/aromatic N) is 1. The maximum absolute atomic E-state index is 11.3. The fourth-order valence-corrected chi connectivity index (χ4v) is 1.95. The third kappa shape index (κ3) is 5.19. The summed E-state index contributed by atoms with van der Waals surface area (Å²) < 4.78 is 5.67. The fourth-order valence-electron chi connectivity index (χ4n) is 1.95. The number of rotatable bonds is 8. The number of hydrogen-bond acceptors (Lipinski definition) is 4. The molecule has 1 aromatic carbocycles. The highest BCUT2D eigenvalue weighted by molar-refractivity contribution is 5.93. The minimum atomic E-state index is -0.301. The summed E-state index contributed by atoms with van der Waals surface area (Å²) in [5.74, 6) is 5.53. The monoisotopic (exact) mass is 279 g/mol. The number of nitrogens with two attached hydrogens (primary N) is 1. The molecule has 0 bridgehead atoms. The number of ether oxygens (including phenoxy) is 1. The van der Waals surface area contributed by atoms with Crippen LogP contribution < -0.4 is 16.0 Å². The average molecular weight is 279 g/mol. The van der Waals surface area contributed by atoms with Crippen LogP contribution in [0.4, 0.5) is 0 Å². The summed E-state index contributed by atoms with van der Waals surface area (Å²) in [4.78, 5) is 13.6. The summed E-state index contributed by atoms with van der Waals surface area (Å²) in [5, 5.41) is 0. The topological polar surface area (TPSA) is 67.6 Å². The van der Waals surface area contributed by atoms with Crippen LogP contribution in [-0.4, -0.2) is 37.0 Å². The molecule has 0 fully saturated rings. The molecule has 1 rings (SSSR count). The SMILES string of the molecule is CCCC(C)N(C)CCOc1ccc(C(=O)NN)cc1. The standard InChI is InChI=1S/C15H25N3O2/c1-4-5-12(2)18(3)10-11-20-14-8-6-13(7-9-14)15(19)17-16/h6-9,12H,4-5,10-11,16H2,1-3H3,(H,17,19). The molecule has 1 atom stereocenters. The zero-order chi connectivity index (χ0) is 15.0. The van der Waals surface area contributed by atoms with E-state index in [4.69, 9.17) is 10.6 Å². The van der Waals surface area contributed by atoms with Gasteiger partial charge in [-0.25, -0.2) is 5.84 Å². The second-order valence-corrected chi connectivity index (χ2v) is 4.96. The summed E-state index contributed by atoms with van der Waals surface area (Å²) in [6, 6.07) is 7.52. The number of hydrogen-bond donors (Lipinski definition) is 2. The Morgan fingerprint density at radius 3 is 2.60 bits per heavy atom. The van der Waals surface area contributed by atoms with E-state index in [1.807, 2.05) is 0 Å². The highest BCUT2D eigenvalue weighted by Gasteiger charge is 2.08. The minimum Gasteiger partial charge on any atom is -0.492 e. The maximum atomic E-state index is 11.3. The minimum absolute atomic E-state index is 0.301. The molecule has 3 N–H and O–H groups in total. The van der Waals surface area contributed by atoms with Crippen molar-refractivity contribution in [2.75, 3.05) is 20.2 Å². The van der Waals surface area contributed by atoms with Gasteiger partial charge in [0.1, 0.15) is 12.4 Å². The molecule has 0 saturated heterocycles. The third-order valence-electron chi connectivity index (χ3n) is 3.42. The molecule has 0 radical (unpaired) electrons. The molecule has 1 unspecified atom stereocenters. The number of nitrogens with one attached hydrogen (secondary N) is 1. The first-order chi connectivity index (χ1) is 9.58. The molecule has 1 aromatic rings. The van der Waals surface area contributed by atoms with Crippen LogP contribution in [-0.2, 0) is 0 Å². The summed E-state index contributed by atoms with van der Waals surface area (Å²) >= 11 is 0. The van der Waals surface area contributed by atoms with E-state index in [0.29, 0.717) is 18.2 Å². The Bertz CT molecular complexity index is 406. The van der Waals surface area contributed by atoms with Gasteiger partial charge in [-0.15, -0.1) is 0 Å². The first-order valence-corrected chi connectivity index (χ1v) is 7.02. The van der Waals surface area contributed by atoms with Crippen molar-refractivity contribution in [3.8, 4) is 5.75 Å². The van der Waals surface area contributed by atoms with Crippen molar-refractivity contribution < 1.29 is 9.53 Å². The van der Waals surface area contributed by atoms with Crippen molar-refractivity contribution in [1.29, 1.82) is 0 Å². The normalized spacial score (nSPS) is 12.2. The van der Waals surface area contributed by atoms with Gasteiger partial charge < -0.3 is 9.64 Å². The zero-order valence-corrected chi connectivity index (χ0v) is 12.6. The van der Waals surface area contributed by atoms with E-state index >= 15 is 0 Å². The molecule has 0 spiro atoms. The average Bonchev–Trinajstić information content (AvgIpc) is 2.47. The molecule has 0 aliphatic rings. The number of carbonyl (C=O) groups excluding carboxylic acids is 1. The van der Waals surface area contributed by atoms with Crippen LogP contribution in [0.15, 0.2) is 24.3 Å². The van der Waals surface area contributed by atoms with Crippen molar-refractivity contribution >= 4 is 5.91 Å². The molecule has 1 amide bonds. The van der Waals surface area contributed by atoms with Gasteiger partial charge in [-0.1, -0.05) is 13.3 Å². The smallest absolute Gasteiger partial charge is 0.265 e. The van der Waals surface area contributed by atoms with Crippen molar-refractivity contribution in [3.63, 3.8) is 0 Å². The Kier molecular flexibility index (Phi) is 7.04. The molecule has 0 aliphatic heterocycles. The molecule has 0 saturated carbocycles. The van der Waals surface area contributed by atoms with Gasteiger partial charge in [0.05, 0.1) is 0 Å². The first-order valence-electron chi connectivity index (χ1n) is 7.02. The van der Waals surface area contributed by atoms with E-state index in [1.165, 1.54) is 12.8 Å². The number of carbonyl (C=O) groups is 1. The highest BCUT2D eigenvalue weighted by Crippen LogP contribution is 2.12. The van der Waals surface area contributed by atoms with Crippen LogP contribution >= 0.6 is 0 Å². The molecule has 5 heteroatoms. The number of hydrazine groups is 1. The van der Waals surface area contributed by atoms with Crippen molar-refractivity contribution in [1.82, 2.24) is 10.3 Å². The molecule has 0 aliphatic carbocycles. The van der Waals surface area contributed by atoms with Gasteiger partial charge in [0.2, 0.25) is 0 Å². The van der Waals surface area contributed by atoms with Crippen LogP contribution in [0.25, 0.3) is 0 Å². The van der Waals surface area contributed by atoms with E-state index in [2.05, 4.69) is 31.2 Å². The Hall–Kier alpha value is -1.59.